The second-order valence-electron chi connectivity index (χ2n) is 4.45. The summed E-state index contributed by atoms with van der Waals surface area (Å²) in [6.07, 6.45) is 0.541. The SMILES string of the molecule is Cc1ccc(CNC(C)CC(C)O)cc1Br. The highest BCUT2D eigenvalue weighted by atomic mass is 79.9. The molecule has 0 bridgehead atoms. The standard InChI is InChI=1S/C13H20BrNO/c1-9-4-5-12(7-13(9)14)8-15-10(2)6-11(3)16/h4-5,7,10-11,15-16H,6,8H2,1-3H3. The molecule has 0 aromatic heterocycles. The normalized spacial score (nSPS) is 14.8. The number of hydrogen-bond donors (Lipinski definition) is 2. The maximum Gasteiger partial charge on any atom is 0.0526 e. The fourth-order valence-corrected chi connectivity index (χ4v) is 2.06. The summed E-state index contributed by atoms with van der Waals surface area (Å²) >= 11 is 3.53. The van der Waals surface area contributed by atoms with Gasteiger partial charge >= 0.3 is 0 Å². The van der Waals surface area contributed by atoms with Gasteiger partial charge < -0.3 is 10.4 Å². The van der Waals surface area contributed by atoms with Crippen molar-refractivity contribution in [2.75, 3.05) is 0 Å². The molecule has 2 unspecified atom stereocenters. The monoisotopic (exact) mass is 285 g/mol. The summed E-state index contributed by atoms with van der Waals surface area (Å²) in [5.41, 5.74) is 2.51. The Balaban J connectivity index is 2.45. The highest BCUT2D eigenvalue weighted by Crippen LogP contribution is 2.17. The number of aryl methyl sites for hydroxylation is 1. The average Bonchev–Trinajstić information content (AvgIpc) is 2.19. The second kappa shape index (κ2) is 6.38. The third-order valence-electron chi connectivity index (χ3n) is 2.59. The molecule has 16 heavy (non-hydrogen) atoms. The predicted octanol–water partition coefficient (Wildman–Crippen LogP) is 3.01. The minimum absolute atomic E-state index is 0.243. The van der Waals surface area contributed by atoms with E-state index in [9.17, 15) is 5.11 Å². The van der Waals surface area contributed by atoms with Crippen LogP contribution in [0.1, 0.15) is 31.4 Å². The van der Waals surface area contributed by atoms with Crippen LogP contribution in [0.4, 0.5) is 0 Å². The molecule has 0 saturated carbocycles. The van der Waals surface area contributed by atoms with Crippen LogP contribution in [0.2, 0.25) is 0 Å². The zero-order valence-corrected chi connectivity index (χ0v) is 11.7. The Morgan fingerprint density at radius 1 is 1.38 bits per heavy atom. The lowest BCUT2D eigenvalue weighted by Gasteiger charge is -2.15. The Kier molecular flexibility index (Phi) is 5.46. The van der Waals surface area contributed by atoms with Gasteiger partial charge in [0.2, 0.25) is 0 Å². The van der Waals surface area contributed by atoms with Gasteiger partial charge in [0.05, 0.1) is 6.10 Å². The summed E-state index contributed by atoms with van der Waals surface area (Å²) in [7, 11) is 0. The van der Waals surface area contributed by atoms with E-state index in [1.165, 1.54) is 11.1 Å². The van der Waals surface area contributed by atoms with E-state index in [1.807, 2.05) is 6.92 Å². The van der Waals surface area contributed by atoms with Crippen LogP contribution in [0.15, 0.2) is 22.7 Å². The average molecular weight is 286 g/mol. The Morgan fingerprint density at radius 3 is 2.62 bits per heavy atom. The number of aliphatic hydroxyl groups excluding tert-OH is 1. The molecule has 90 valence electrons. The molecule has 1 rings (SSSR count). The summed E-state index contributed by atoms with van der Waals surface area (Å²) in [6, 6.07) is 6.71. The van der Waals surface area contributed by atoms with E-state index in [2.05, 4.69) is 53.3 Å². The Bertz CT molecular complexity index is 339. The number of rotatable bonds is 5. The van der Waals surface area contributed by atoms with Crippen molar-refractivity contribution in [3.63, 3.8) is 0 Å². The molecule has 2 atom stereocenters. The Labute approximate surface area is 106 Å². The molecule has 0 amide bonds. The van der Waals surface area contributed by atoms with Crippen molar-refractivity contribution in [3.05, 3.63) is 33.8 Å². The maximum absolute atomic E-state index is 9.25. The lowest BCUT2D eigenvalue weighted by atomic mass is 10.1. The maximum atomic E-state index is 9.25. The van der Waals surface area contributed by atoms with Gasteiger partial charge in [0, 0.05) is 17.1 Å². The quantitative estimate of drug-likeness (QED) is 0.872. The molecule has 1 aromatic rings. The molecule has 0 aliphatic carbocycles. The van der Waals surface area contributed by atoms with E-state index in [-0.39, 0.29) is 6.10 Å². The molecule has 0 saturated heterocycles. The third-order valence-corrected chi connectivity index (χ3v) is 3.44. The van der Waals surface area contributed by atoms with Crippen molar-refractivity contribution in [1.29, 1.82) is 0 Å². The van der Waals surface area contributed by atoms with Crippen molar-refractivity contribution in [2.45, 2.75) is 45.9 Å². The largest absolute Gasteiger partial charge is 0.393 e. The number of nitrogens with one attached hydrogen (secondary N) is 1. The van der Waals surface area contributed by atoms with Crippen molar-refractivity contribution < 1.29 is 5.11 Å². The van der Waals surface area contributed by atoms with Crippen LogP contribution in [0.25, 0.3) is 0 Å². The summed E-state index contributed by atoms with van der Waals surface area (Å²) in [4.78, 5) is 0. The highest BCUT2D eigenvalue weighted by molar-refractivity contribution is 9.10. The van der Waals surface area contributed by atoms with E-state index in [1.54, 1.807) is 0 Å². The van der Waals surface area contributed by atoms with E-state index < -0.39 is 0 Å². The zero-order chi connectivity index (χ0) is 12.1. The first-order chi connectivity index (χ1) is 7.49. The van der Waals surface area contributed by atoms with Crippen LogP contribution >= 0.6 is 15.9 Å². The van der Waals surface area contributed by atoms with Crippen LogP contribution in [0.3, 0.4) is 0 Å². The summed E-state index contributed by atoms with van der Waals surface area (Å²) < 4.78 is 1.15. The fourth-order valence-electron chi connectivity index (χ4n) is 1.63. The summed E-state index contributed by atoms with van der Waals surface area (Å²) in [5, 5.41) is 12.6. The summed E-state index contributed by atoms with van der Waals surface area (Å²) in [6.45, 7) is 6.83. The summed E-state index contributed by atoms with van der Waals surface area (Å²) in [5.74, 6) is 0. The van der Waals surface area contributed by atoms with Gasteiger partial charge in [0.1, 0.15) is 0 Å². The minimum Gasteiger partial charge on any atom is -0.393 e. The van der Waals surface area contributed by atoms with E-state index in [4.69, 9.17) is 0 Å². The number of benzene rings is 1. The van der Waals surface area contributed by atoms with Crippen molar-refractivity contribution >= 4 is 15.9 Å². The van der Waals surface area contributed by atoms with Crippen LogP contribution in [0, 0.1) is 6.92 Å². The molecule has 0 aliphatic rings. The molecule has 0 spiro atoms. The molecule has 2 nitrogen and oxygen atoms in total. The van der Waals surface area contributed by atoms with Crippen LogP contribution in [0.5, 0.6) is 0 Å². The molecular weight excluding hydrogens is 266 g/mol. The molecule has 0 fully saturated rings. The first-order valence-electron chi connectivity index (χ1n) is 5.65. The van der Waals surface area contributed by atoms with Crippen LogP contribution < -0.4 is 5.32 Å². The van der Waals surface area contributed by atoms with Crippen molar-refractivity contribution in [2.24, 2.45) is 0 Å². The van der Waals surface area contributed by atoms with Gasteiger partial charge in [-0.3, -0.25) is 0 Å². The number of aliphatic hydroxyl groups is 1. The van der Waals surface area contributed by atoms with E-state index >= 15 is 0 Å². The molecule has 0 heterocycles. The molecule has 1 aromatic carbocycles. The molecular formula is C13H20BrNO. The van der Waals surface area contributed by atoms with Gasteiger partial charge in [-0.2, -0.15) is 0 Å². The third kappa shape index (κ3) is 4.64. The Morgan fingerprint density at radius 2 is 2.06 bits per heavy atom. The van der Waals surface area contributed by atoms with Gasteiger partial charge in [-0.15, -0.1) is 0 Å². The van der Waals surface area contributed by atoms with Crippen LogP contribution in [-0.4, -0.2) is 17.3 Å². The lowest BCUT2D eigenvalue weighted by molar-refractivity contribution is 0.170. The van der Waals surface area contributed by atoms with Crippen molar-refractivity contribution in [1.82, 2.24) is 5.32 Å². The first kappa shape index (κ1) is 13.7. The number of halogens is 1. The lowest BCUT2D eigenvalue weighted by Crippen LogP contribution is -2.28. The molecule has 0 radical (unpaired) electrons. The Hall–Kier alpha value is -0.380. The van der Waals surface area contributed by atoms with Crippen molar-refractivity contribution in [3.8, 4) is 0 Å². The second-order valence-corrected chi connectivity index (χ2v) is 5.30. The fraction of sp³-hybridized carbons (Fsp3) is 0.538. The van der Waals surface area contributed by atoms with E-state index in [0.29, 0.717) is 6.04 Å². The van der Waals surface area contributed by atoms with Gasteiger partial charge in [0.25, 0.3) is 0 Å². The number of hydrogen-bond acceptors (Lipinski definition) is 2. The molecule has 3 heteroatoms. The zero-order valence-electron chi connectivity index (χ0n) is 10.1. The smallest absolute Gasteiger partial charge is 0.0526 e. The van der Waals surface area contributed by atoms with Crippen LogP contribution in [-0.2, 0) is 6.54 Å². The van der Waals surface area contributed by atoms with Gasteiger partial charge in [-0.1, -0.05) is 28.1 Å². The van der Waals surface area contributed by atoms with Gasteiger partial charge in [-0.25, -0.2) is 0 Å². The first-order valence-corrected chi connectivity index (χ1v) is 6.45. The molecule has 0 aliphatic heterocycles. The topological polar surface area (TPSA) is 32.3 Å². The van der Waals surface area contributed by atoms with Gasteiger partial charge in [0.15, 0.2) is 0 Å². The van der Waals surface area contributed by atoms with Gasteiger partial charge in [-0.05, 0) is 44.4 Å². The minimum atomic E-state index is -0.243. The molecule has 2 N–H and O–H groups in total. The predicted molar refractivity (Wildman–Crippen MR) is 71.5 cm³/mol. The van der Waals surface area contributed by atoms with E-state index in [0.717, 1.165) is 17.4 Å². The highest BCUT2D eigenvalue weighted by Gasteiger charge is 2.05.